The van der Waals surface area contributed by atoms with Crippen LogP contribution >= 0.6 is 0 Å². The fourth-order valence-electron chi connectivity index (χ4n) is 1.61. The number of ether oxygens (including phenoxy) is 4. The fourth-order valence-corrected chi connectivity index (χ4v) is 1.61. The molecular weight excluding hydrogens is 234 g/mol. The van der Waals surface area contributed by atoms with Gasteiger partial charge in [0.15, 0.2) is 11.5 Å². The number of hydrogen-bond donors (Lipinski definition) is 1. The molecule has 1 heterocycles. The quantitative estimate of drug-likeness (QED) is 0.710. The number of rotatable bonds is 8. The highest BCUT2D eigenvalue weighted by Crippen LogP contribution is 2.34. The highest BCUT2D eigenvalue weighted by Gasteiger charge is 2.13. The Balaban J connectivity index is 1.62. The number of nitrogens with one attached hydrogen (secondary N) is 1. The number of hydrogen-bond acceptors (Lipinski definition) is 5. The Morgan fingerprint density at radius 1 is 1.17 bits per heavy atom. The Hall–Kier alpha value is -1.46. The van der Waals surface area contributed by atoms with Crippen molar-refractivity contribution in [2.24, 2.45) is 0 Å². The third-order valence-electron chi connectivity index (χ3n) is 2.51. The Bertz CT molecular complexity index is 370. The van der Waals surface area contributed by atoms with E-state index in [9.17, 15) is 0 Å². The molecule has 0 spiro atoms. The van der Waals surface area contributed by atoms with Crippen molar-refractivity contribution >= 4 is 0 Å². The van der Waals surface area contributed by atoms with Gasteiger partial charge in [0.05, 0.1) is 13.2 Å². The van der Waals surface area contributed by atoms with E-state index in [1.165, 1.54) is 0 Å². The van der Waals surface area contributed by atoms with Crippen LogP contribution in [0, 0.1) is 0 Å². The molecule has 0 radical (unpaired) electrons. The average molecular weight is 253 g/mol. The molecule has 5 heteroatoms. The Morgan fingerprint density at radius 3 is 2.94 bits per heavy atom. The third kappa shape index (κ3) is 3.78. The largest absolute Gasteiger partial charge is 0.491 e. The zero-order valence-electron chi connectivity index (χ0n) is 10.6. The van der Waals surface area contributed by atoms with Crippen molar-refractivity contribution in [3.05, 3.63) is 18.2 Å². The predicted molar refractivity (Wildman–Crippen MR) is 67.4 cm³/mol. The molecule has 5 nitrogen and oxygen atoms in total. The smallest absolute Gasteiger partial charge is 0.231 e. The lowest BCUT2D eigenvalue weighted by Gasteiger charge is -2.08. The van der Waals surface area contributed by atoms with Gasteiger partial charge in [-0.05, 0) is 18.7 Å². The molecule has 0 atom stereocenters. The topological polar surface area (TPSA) is 49.0 Å². The minimum atomic E-state index is 0.284. The van der Waals surface area contributed by atoms with Gasteiger partial charge < -0.3 is 24.3 Å². The maximum absolute atomic E-state index is 5.56. The second-order valence-corrected chi connectivity index (χ2v) is 3.83. The molecule has 1 N–H and O–H groups in total. The van der Waals surface area contributed by atoms with E-state index in [-0.39, 0.29) is 6.79 Å². The Labute approximate surface area is 107 Å². The first-order valence-electron chi connectivity index (χ1n) is 6.21. The van der Waals surface area contributed by atoms with Gasteiger partial charge >= 0.3 is 0 Å². The summed E-state index contributed by atoms with van der Waals surface area (Å²) in [5, 5.41) is 3.19. The lowest BCUT2D eigenvalue weighted by Crippen LogP contribution is -2.20. The second kappa shape index (κ2) is 7.08. The molecule has 0 bridgehead atoms. The first-order valence-corrected chi connectivity index (χ1v) is 6.21. The van der Waals surface area contributed by atoms with E-state index < -0.39 is 0 Å². The third-order valence-corrected chi connectivity index (χ3v) is 2.51. The second-order valence-electron chi connectivity index (χ2n) is 3.83. The van der Waals surface area contributed by atoms with E-state index in [2.05, 4.69) is 12.2 Å². The Morgan fingerprint density at radius 2 is 2.06 bits per heavy atom. The van der Waals surface area contributed by atoms with Gasteiger partial charge in [-0.25, -0.2) is 0 Å². The molecule has 1 aromatic rings. The lowest BCUT2D eigenvalue weighted by atomic mass is 10.3. The van der Waals surface area contributed by atoms with Crippen molar-refractivity contribution < 1.29 is 18.9 Å². The number of benzene rings is 1. The molecule has 0 unspecified atom stereocenters. The molecule has 0 saturated heterocycles. The molecule has 0 fully saturated rings. The van der Waals surface area contributed by atoms with E-state index in [0.717, 1.165) is 30.3 Å². The summed E-state index contributed by atoms with van der Waals surface area (Å²) in [5.41, 5.74) is 0. The summed E-state index contributed by atoms with van der Waals surface area (Å²) >= 11 is 0. The lowest BCUT2D eigenvalue weighted by molar-refractivity contribution is 0.102. The molecular formula is C13H19NO4. The van der Waals surface area contributed by atoms with Crippen LogP contribution in [0.5, 0.6) is 17.2 Å². The zero-order valence-corrected chi connectivity index (χ0v) is 10.6. The molecule has 1 aliphatic heterocycles. The molecule has 2 rings (SSSR count). The van der Waals surface area contributed by atoms with Gasteiger partial charge in [0.2, 0.25) is 6.79 Å². The van der Waals surface area contributed by atoms with Gasteiger partial charge in [-0.3, -0.25) is 0 Å². The summed E-state index contributed by atoms with van der Waals surface area (Å²) < 4.78 is 21.5. The van der Waals surface area contributed by atoms with Crippen molar-refractivity contribution in [1.29, 1.82) is 0 Å². The van der Waals surface area contributed by atoms with Crippen molar-refractivity contribution in [2.75, 3.05) is 39.7 Å². The van der Waals surface area contributed by atoms with Crippen LogP contribution in [0.4, 0.5) is 0 Å². The summed E-state index contributed by atoms with van der Waals surface area (Å²) in [6, 6.07) is 5.55. The maximum Gasteiger partial charge on any atom is 0.231 e. The minimum Gasteiger partial charge on any atom is -0.491 e. The van der Waals surface area contributed by atoms with Crippen LogP contribution in [0.2, 0.25) is 0 Å². The predicted octanol–water partition coefficient (Wildman–Crippen LogP) is 1.42. The molecule has 0 aliphatic carbocycles. The van der Waals surface area contributed by atoms with Gasteiger partial charge in [0.25, 0.3) is 0 Å². The molecule has 0 aromatic heterocycles. The van der Waals surface area contributed by atoms with Gasteiger partial charge in [-0.2, -0.15) is 0 Å². The van der Waals surface area contributed by atoms with Crippen LogP contribution in [0.3, 0.4) is 0 Å². The van der Waals surface area contributed by atoms with Crippen LogP contribution in [-0.4, -0.2) is 39.7 Å². The minimum absolute atomic E-state index is 0.284. The Kier molecular flexibility index (Phi) is 5.11. The fraction of sp³-hybridized carbons (Fsp3) is 0.538. The molecule has 18 heavy (non-hydrogen) atoms. The van der Waals surface area contributed by atoms with Gasteiger partial charge in [-0.15, -0.1) is 0 Å². The van der Waals surface area contributed by atoms with Crippen molar-refractivity contribution in [2.45, 2.75) is 6.92 Å². The normalized spacial score (nSPS) is 12.7. The average Bonchev–Trinajstić information content (AvgIpc) is 2.85. The SMILES string of the molecule is CCNCCOCCOc1ccc2c(c1)OCO2. The summed E-state index contributed by atoms with van der Waals surface area (Å²) in [7, 11) is 0. The molecule has 0 amide bonds. The highest BCUT2D eigenvalue weighted by molar-refractivity contribution is 5.46. The monoisotopic (exact) mass is 253 g/mol. The van der Waals surface area contributed by atoms with Crippen LogP contribution in [0.1, 0.15) is 6.92 Å². The van der Waals surface area contributed by atoms with Crippen LogP contribution in [0.25, 0.3) is 0 Å². The van der Waals surface area contributed by atoms with Crippen molar-refractivity contribution in [3.8, 4) is 17.2 Å². The molecule has 1 aliphatic rings. The van der Waals surface area contributed by atoms with E-state index in [4.69, 9.17) is 18.9 Å². The van der Waals surface area contributed by atoms with E-state index in [1.807, 2.05) is 18.2 Å². The zero-order chi connectivity index (χ0) is 12.6. The molecule has 0 saturated carbocycles. The number of likely N-dealkylation sites (N-methyl/N-ethyl adjacent to an activating group) is 1. The van der Waals surface area contributed by atoms with Gasteiger partial charge in [-0.1, -0.05) is 6.92 Å². The standard InChI is InChI=1S/C13H19NO4/c1-2-14-5-6-15-7-8-16-11-3-4-12-13(9-11)18-10-17-12/h3-4,9,14H,2,5-8,10H2,1H3. The van der Waals surface area contributed by atoms with E-state index >= 15 is 0 Å². The molecule has 100 valence electrons. The highest BCUT2D eigenvalue weighted by atomic mass is 16.7. The van der Waals surface area contributed by atoms with Crippen molar-refractivity contribution in [1.82, 2.24) is 5.32 Å². The van der Waals surface area contributed by atoms with Crippen LogP contribution in [-0.2, 0) is 4.74 Å². The van der Waals surface area contributed by atoms with Crippen molar-refractivity contribution in [3.63, 3.8) is 0 Å². The summed E-state index contributed by atoms with van der Waals surface area (Å²) in [4.78, 5) is 0. The summed E-state index contributed by atoms with van der Waals surface area (Å²) in [6.45, 7) is 6.02. The van der Waals surface area contributed by atoms with E-state index in [0.29, 0.717) is 19.8 Å². The van der Waals surface area contributed by atoms with Crippen LogP contribution < -0.4 is 19.5 Å². The number of fused-ring (bicyclic) bond motifs is 1. The summed E-state index contributed by atoms with van der Waals surface area (Å²) in [5.74, 6) is 2.28. The van der Waals surface area contributed by atoms with E-state index in [1.54, 1.807) is 0 Å². The first-order chi connectivity index (χ1) is 8.90. The maximum atomic E-state index is 5.56. The molecule has 1 aromatic carbocycles. The summed E-state index contributed by atoms with van der Waals surface area (Å²) in [6.07, 6.45) is 0. The van der Waals surface area contributed by atoms with Gasteiger partial charge in [0, 0.05) is 12.6 Å². The first kappa shape index (κ1) is 13.0. The van der Waals surface area contributed by atoms with Crippen LogP contribution in [0.15, 0.2) is 18.2 Å². The van der Waals surface area contributed by atoms with Gasteiger partial charge in [0.1, 0.15) is 12.4 Å².